The standard InChI is InChI=1S/C10H12BrNO2/c1-4-7(2)14-10-9(13-3)8(11)5-6-12-10/h4-7H,1H2,2-3H3. The van der Waals surface area contributed by atoms with Crippen molar-refractivity contribution in [3.05, 3.63) is 29.4 Å². The van der Waals surface area contributed by atoms with Gasteiger partial charge in [-0.15, -0.1) is 0 Å². The molecule has 0 aromatic carbocycles. The predicted molar refractivity (Wildman–Crippen MR) is 58.8 cm³/mol. The van der Waals surface area contributed by atoms with Gasteiger partial charge in [-0.1, -0.05) is 12.7 Å². The van der Waals surface area contributed by atoms with Gasteiger partial charge in [0.1, 0.15) is 6.10 Å². The number of pyridine rings is 1. The van der Waals surface area contributed by atoms with E-state index in [0.29, 0.717) is 11.6 Å². The molecule has 0 aliphatic carbocycles. The third-order valence-corrected chi connectivity index (χ3v) is 2.28. The Morgan fingerprint density at radius 2 is 2.36 bits per heavy atom. The number of nitrogens with zero attached hydrogens (tertiary/aromatic N) is 1. The average molecular weight is 258 g/mol. The number of hydrogen-bond acceptors (Lipinski definition) is 3. The van der Waals surface area contributed by atoms with E-state index in [2.05, 4.69) is 27.5 Å². The first-order valence-corrected chi connectivity index (χ1v) is 4.96. The Balaban J connectivity index is 2.95. The summed E-state index contributed by atoms with van der Waals surface area (Å²) in [5.41, 5.74) is 0. The van der Waals surface area contributed by atoms with Crippen molar-refractivity contribution in [2.45, 2.75) is 13.0 Å². The molecule has 1 atom stereocenters. The molecule has 1 aromatic heterocycles. The fourth-order valence-corrected chi connectivity index (χ4v) is 1.35. The highest BCUT2D eigenvalue weighted by molar-refractivity contribution is 9.10. The van der Waals surface area contributed by atoms with E-state index in [1.54, 1.807) is 25.4 Å². The van der Waals surface area contributed by atoms with Crippen LogP contribution < -0.4 is 9.47 Å². The highest BCUT2D eigenvalue weighted by atomic mass is 79.9. The predicted octanol–water partition coefficient (Wildman–Crippen LogP) is 2.81. The van der Waals surface area contributed by atoms with Crippen molar-refractivity contribution in [2.24, 2.45) is 0 Å². The number of aromatic nitrogens is 1. The minimum Gasteiger partial charge on any atom is -0.490 e. The van der Waals surface area contributed by atoms with Crippen LogP contribution in [0, 0.1) is 0 Å². The van der Waals surface area contributed by atoms with Crippen LogP contribution in [0.1, 0.15) is 6.92 Å². The lowest BCUT2D eigenvalue weighted by molar-refractivity contribution is 0.243. The summed E-state index contributed by atoms with van der Waals surface area (Å²) in [4.78, 5) is 4.07. The van der Waals surface area contributed by atoms with Gasteiger partial charge in [-0.25, -0.2) is 4.98 Å². The fraction of sp³-hybridized carbons (Fsp3) is 0.300. The Hall–Kier alpha value is -1.03. The minimum atomic E-state index is -0.0919. The van der Waals surface area contributed by atoms with E-state index in [-0.39, 0.29) is 6.10 Å². The summed E-state index contributed by atoms with van der Waals surface area (Å²) in [5.74, 6) is 1.07. The largest absolute Gasteiger partial charge is 0.490 e. The lowest BCUT2D eigenvalue weighted by atomic mass is 10.4. The van der Waals surface area contributed by atoms with Gasteiger partial charge in [0, 0.05) is 6.20 Å². The molecule has 1 unspecified atom stereocenters. The molecule has 0 spiro atoms. The average Bonchev–Trinajstić information content (AvgIpc) is 2.18. The molecule has 0 aliphatic heterocycles. The van der Waals surface area contributed by atoms with Crippen molar-refractivity contribution in [1.29, 1.82) is 0 Å². The molecule has 0 fully saturated rings. The maximum Gasteiger partial charge on any atom is 0.258 e. The molecule has 0 amide bonds. The van der Waals surface area contributed by atoms with E-state index in [9.17, 15) is 0 Å². The third-order valence-electron chi connectivity index (χ3n) is 1.66. The molecule has 0 bridgehead atoms. The van der Waals surface area contributed by atoms with Crippen molar-refractivity contribution in [3.8, 4) is 11.6 Å². The molecule has 0 aliphatic rings. The molecule has 14 heavy (non-hydrogen) atoms. The van der Waals surface area contributed by atoms with E-state index in [0.717, 1.165) is 4.47 Å². The Bertz CT molecular complexity index is 328. The zero-order chi connectivity index (χ0) is 10.6. The van der Waals surface area contributed by atoms with Gasteiger partial charge in [-0.2, -0.15) is 0 Å². The molecule has 1 heterocycles. The van der Waals surface area contributed by atoms with Crippen LogP contribution in [0.3, 0.4) is 0 Å². The van der Waals surface area contributed by atoms with Crippen molar-refractivity contribution in [1.82, 2.24) is 4.98 Å². The Morgan fingerprint density at radius 3 is 2.93 bits per heavy atom. The van der Waals surface area contributed by atoms with Crippen molar-refractivity contribution >= 4 is 15.9 Å². The van der Waals surface area contributed by atoms with Gasteiger partial charge in [-0.05, 0) is 28.9 Å². The number of halogens is 1. The summed E-state index contributed by atoms with van der Waals surface area (Å²) in [6.45, 7) is 5.51. The van der Waals surface area contributed by atoms with Crippen molar-refractivity contribution in [2.75, 3.05) is 7.11 Å². The molecular formula is C10H12BrNO2. The summed E-state index contributed by atoms with van der Waals surface area (Å²) >= 11 is 3.35. The molecule has 4 heteroatoms. The Kier molecular flexibility index (Phi) is 3.95. The van der Waals surface area contributed by atoms with Gasteiger partial charge >= 0.3 is 0 Å². The molecule has 0 saturated heterocycles. The van der Waals surface area contributed by atoms with E-state index >= 15 is 0 Å². The number of methoxy groups -OCH3 is 1. The maximum absolute atomic E-state index is 5.48. The summed E-state index contributed by atoms with van der Waals surface area (Å²) in [6.07, 6.45) is 3.26. The summed E-state index contributed by atoms with van der Waals surface area (Å²) in [7, 11) is 1.58. The van der Waals surface area contributed by atoms with Gasteiger partial charge < -0.3 is 9.47 Å². The highest BCUT2D eigenvalue weighted by Gasteiger charge is 2.11. The van der Waals surface area contributed by atoms with Gasteiger partial charge in [0.25, 0.3) is 5.88 Å². The minimum absolute atomic E-state index is 0.0919. The second kappa shape index (κ2) is 5.00. The first kappa shape index (κ1) is 11.0. The monoisotopic (exact) mass is 257 g/mol. The van der Waals surface area contributed by atoms with E-state index in [4.69, 9.17) is 9.47 Å². The maximum atomic E-state index is 5.48. The third kappa shape index (κ3) is 2.48. The molecule has 0 N–H and O–H groups in total. The Labute approximate surface area is 91.9 Å². The number of ether oxygens (including phenoxy) is 2. The summed E-state index contributed by atoms with van der Waals surface area (Å²) < 4.78 is 11.5. The van der Waals surface area contributed by atoms with Gasteiger partial charge in [-0.3, -0.25) is 0 Å². The molecule has 76 valence electrons. The molecule has 0 saturated carbocycles. The van der Waals surface area contributed by atoms with Gasteiger partial charge in [0.05, 0.1) is 11.6 Å². The van der Waals surface area contributed by atoms with E-state index < -0.39 is 0 Å². The van der Waals surface area contributed by atoms with Crippen LogP contribution in [0.15, 0.2) is 29.4 Å². The lowest BCUT2D eigenvalue weighted by Crippen LogP contribution is -2.09. The zero-order valence-electron chi connectivity index (χ0n) is 8.16. The number of rotatable bonds is 4. The normalized spacial score (nSPS) is 11.9. The second-order valence-corrected chi connectivity index (χ2v) is 3.54. The second-order valence-electron chi connectivity index (χ2n) is 2.69. The van der Waals surface area contributed by atoms with Crippen LogP contribution in [0.5, 0.6) is 11.6 Å². The smallest absolute Gasteiger partial charge is 0.258 e. The van der Waals surface area contributed by atoms with Gasteiger partial charge in [0.15, 0.2) is 5.75 Å². The molecule has 0 radical (unpaired) electrons. The van der Waals surface area contributed by atoms with Crippen LogP contribution in [0.4, 0.5) is 0 Å². The highest BCUT2D eigenvalue weighted by Crippen LogP contribution is 2.32. The number of hydrogen-bond donors (Lipinski definition) is 0. The van der Waals surface area contributed by atoms with Crippen LogP contribution >= 0.6 is 15.9 Å². The van der Waals surface area contributed by atoms with Crippen LogP contribution in [-0.4, -0.2) is 18.2 Å². The van der Waals surface area contributed by atoms with Crippen LogP contribution in [0.2, 0.25) is 0 Å². The zero-order valence-corrected chi connectivity index (χ0v) is 9.74. The quantitative estimate of drug-likeness (QED) is 0.778. The topological polar surface area (TPSA) is 31.4 Å². The summed E-state index contributed by atoms with van der Waals surface area (Å²) in [6, 6.07) is 1.80. The van der Waals surface area contributed by atoms with Crippen LogP contribution in [-0.2, 0) is 0 Å². The molecular weight excluding hydrogens is 246 g/mol. The molecule has 1 aromatic rings. The Morgan fingerprint density at radius 1 is 1.64 bits per heavy atom. The van der Waals surface area contributed by atoms with E-state index in [1.165, 1.54) is 0 Å². The molecule has 1 rings (SSSR count). The molecule has 3 nitrogen and oxygen atoms in total. The van der Waals surface area contributed by atoms with Crippen molar-refractivity contribution < 1.29 is 9.47 Å². The summed E-state index contributed by atoms with van der Waals surface area (Å²) in [5, 5.41) is 0. The van der Waals surface area contributed by atoms with E-state index in [1.807, 2.05) is 6.92 Å². The van der Waals surface area contributed by atoms with Crippen LogP contribution in [0.25, 0.3) is 0 Å². The SMILES string of the molecule is C=CC(C)Oc1nccc(Br)c1OC. The van der Waals surface area contributed by atoms with Crippen molar-refractivity contribution in [3.63, 3.8) is 0 Å². The van der Waals surface area contributed by atoms with Gasteiger partial charge in [0.2, 0.25) is 0 Å². The first-order valence-electron chi connectivity index (χ1n) is 4.16. The fourth-order valence-electron chi connectivity index (χ4n) is 0.900. The first-order chi connectivity index (χ1) is 6.69. The lowest BCUT2D eigenvalue weighted by Gasteiger charge is -2.13.